The lowest BCUT2D eigenvalue weighted by Crippen LogP contribution is -1.95. The number of hydrogen-bond acceptors (Lipinski definition) is 1. The van der Waals surface area contributed by atoms with Crippen LogP contribution in [-0.2, 0) is 6.54 Å². The molecular formula is C12H12N2. The number of benzene rings is 1. The van der Waals surface area contributed by atoms with Gasteiger partial charge >= 0.3 is 0 Å². The van der Waals surface area contributed by atoms with Crippen LogP contribution in [0.5, 0.6) is 0 Å². The zero-order chi connectivity index (χ0) is 10.1. The van der Waals surface area contributed by atoms with Gasteiger partial charge in [0.1, 0.15) is 0 Å². The highest BCUT2D eigenvalue weighted by atomic mass is 15.0. The van der Waals surface area contributed by atoms with Gasteiger partial charge in [-0.1, -0.05) is 6.07 Å². The minimum absolute atomic E-state index is 0.762. The molecule has 1 heterocycles. The third-order valence-corrected chi connectivity index (χ3v) is 2.59. The number of nitrogens with zero attached hydrogens (tertiary/aromatic N) is 2. The Hall–Kier alpha value is -1.75. The summed E-state index contributed by atoms with van der Waals surface area (Å²) in [5.74, 6) is 0. The van der Waals surface area contributed by atoms with E-state index in [1.54, 1.807) is 0 Å². The molecule has 2 nitrogen and oxygen atoms in total. The van der Waals surface area contributed by atoms with E-state index in [0.29, 0.717) is 0 Å². The van der Waals surface area contributed by atoms with E-state index in [4.69, 9.17) is 5.26 Å². The van der Waals surface area contributed by atoms with Crippen molar-refractivity contribution in [3.05, 3.63) is 35.5 Å². The molecule has 1 aromatic heterocycles. The molecule has 0 radical (unpaired) electrons. The van der Waals surface area contributed by atoms with Crippen LogP contribution < -0.4 is 0 Å². The van der Waals surface area contributed by atoms with Gasteiger partial charge in [0.15, 0.2) is 0 Å². The molecule has 0 aliphatic rings. The van der Waals surface area contributed by atoms with E-state index < -0.39 is 0 Å². The summed E-state index contributed by atoms with van der Waals surface area (Å²) in [4.78, 5) is 0. The van der Waals surface area contributed by atoms with E-state index in [1.165, 1.54) is 5.69 Å². The topological polar surface area (TPSA) is 28.7 Å². The van der Waals surface area contributed by atoms with Gasteiger partial charge in [0.05, 0.1) is 11.6 Å². The molecule has 0 aliphatic carbocycles. The molecule has 0 N–H and O–H groups in total. The maximum atomic E-state index is 8.95. The summed E-state index contributed by atoms with van der Waals surface area (Å²) in [7, 11) is 0. The minimum atomic E-state index is 0.762. The molecule has 0 amide bonds. The highest BCUT2D eigenvalue weighted by molar-refractivity contribution is 5.86. The molecule has 70 valence electrons. The molecule has 1 aromatic carbocycles. The second-order valence-corrected chi connectivity index (χ2v) is 3.38. The highest BCUT2D eigenvalue weighted by Gasteiger charge is 2.06. The van der Waals surface area contributed by atoms with Crippen LogP contribution in [0.3, 0.4) is 0 Å². The van der Waals surface area contributed by atoms with E-state index in [2.05, 4.69) is 36.6 Å². The van der Waals surface area contributed by atoms with Crippen LogP contribution in [0.15, 0.2) is 24.3 Å². The summed E-state index contributed by atoms with van der Waals surface area (Å²) in [6.07, 6.45) is 0. The fourth-order valence-electron chi connectivity index (χ4n) is 1.93. The number of rotatable bonds is 1. The van der Waals surface area contributed by atoms with Gasteiger partial charge in [-0.05, 0) is 32.0 Å². The van der Waals surface area contributed by atoms with E-state index in [-0.39, 0.29) is 0 Å². The van der Waals surface area contributed by atoms with Crippen LogP contribution in [0.25, 0.3) is 10.9 Å². The molecule has 2 rings (SSSR count). The first-order valence-corrected chi connectivity index (χ1v) is 4.77. The SMILES string of the molecule is CCn1c(C)cc2c(C#N)cccc21. The van der Waals surface area contributed by atoms with Crippen molar-refractivity contribution in [2.75, 3.05) is 0 Å². The minimum Gasteiger partial charge on any atom is -0.345 e. The summed E-state index contributed by atoms with van der Waals surface area (Å²) in [6.45, 7) is 5.14. The molecule has 0 bridgehead atoms. The van der Waals surface area contributed by atoms with E-state index >= 15 is 0 Å². The quantitative estimate of drug-likeness (QED) is 0.670. The molecule has 0 fully saturated rings. The van der Waals surface area contributed by atoms with Gasteiger partial charge in [0.2, 0.25) is 0 Å². The molecule has 0 aliphatic heterocycles. The Kier molecular flexibility index (Phi) is 2.01. The fourth-order valence-corrected chi connectivity index (χ4v) is 1.93. The largest absolute Gasteiger partial charge is 0.345 e. The lowest BCUT2D eigenvalue weighted by Gasteiger charge is -2.03. The Labute approximate surface area is 83.4 Å². The standard InChI is InChI=1S/C12H12N2/c1-3-14-9(2)7-11-10(8-13)5-4-6-12(11)14/h4-7H,3H2,1-2H3. The highest BCUT2D eigenvalue weighted by Crippen LogP contribution is 2.22. The van der Waals surface area contributed by atoms with Gasteiger partial charge < -0.3 is 4.57 Å². The molecule has 2 aromatic rings. The Morgan fingerprint density at radius 2 is 2.21 bits per heavy atom. The van der Waals surface area contributed by atoms with Gasteiger partial charge in [-0.3, -0.25) is 0 Å². The van der Waals surface area contributed by atoms with Gasteiger partial charge in [0, 0.05) is 23.1 Å². The summed E-state index contributed by atoms with van der Waals surface area (Å²) in [5.41, 5.74) is 3.13. The third kappa shape index (κ3) is 1.10. The normalized spacial score (nSPS) is 10.4. The number of hydrogen-bond donors (Lipinski definition) is 0. The average molecular weight is 184 g/mol. The van der Waals surface area contributed by atoms with Crippen molar-refractivity contribution in [2.24, 2.45) is 0 Å². The lowest BCUT2D eigenvalue weighted by molar-refractivity contribution is 0.770. The Balaban J connectivity index is 2.87. The maximum absolute atomic E-state index is 8.95. The first-order chi connectivity index (χ1) is 6.77. The van der Waals surface area contributed by atoms with Crippen LogP contribution in [0.2, 0.25) is 0 Å². The van der Waals surface area contributed by atoms with Crippen LogP contribution in [0.1, 0.15) is 18.2 Å². The van der Waals surface area contributed by atoms with Gasteiger partial charge in [-0.2, -0.15) is 5.26 Å². The molecule has 0 saturated heterocycles. The number of aryl methyl sites for hydroxylation is 2. The third-order valence-electron chi connectivity index (χ3n) is 2.59. The van der Waals surface area contributed by atoms with Gasteiger partial charge in [-0.25, -0.2) is 0 Å². The first-order valence-electron chi connectivity index (χ1n) is 4.77. The van der Waals surface area contributed by atoms with Crippen molar-refractivity contribution in [1.82, 2.24) is 4.57 Å². The van der Waals surface area contributed by atoms with E-state index in [9.17, 15) is 0 Å². The number of nitriles is 1. The molecule has 14 heavy (non-hydrogen) atoms. The number of aromatic nitrogens is 1. The van der Waals surface area contributed by atoms with Crippen molar-refractivity contribution in [3.8, 4) is 6.07 Å². The van der Waals surface area contributed by atoms with Gasteiger partial charge in [0.25, 0.3) is 0 Å². The monoisotopic (exact) mass is 184 g/mol. The van der Waals surface area contributed by atoms with Crippen molar-refractivity contribution in [3.63, 3.8) is 0 Å². The second kappa shape index (κ2) is 3.19. The Morgan fingerprint density at radius 1 is 1.43 bits per heavy atom. The zero-order valence-corrected chi connectivity index (χ0v) is 8.41. The van der Waals surface area contributed by atoms with Crippen LogP contribution in [0.4, 0.5) is 0 Å². The van der Waals surface area contributed by atoms with Crippen molar-refractivity contribution in [1.29, 1.82) is 5.26 Å². The van der Waals surface area contributed by atoms with Gasteiger partial charge in [-0.15, -0.1) is 0 Å². The van der Waals surface area contributed by atoms with Crippen molar-refractivity contribution in [2.45, 2.75) is 20.4 Å². The summed E-state index contributed by atoms with van der Waals surface area (Å²) >= 11 is 0. The predicted octanol–water partition coefficient (Wildman–Crippen LogP) is 2.84. The maximum Gasteiger partial charge on any atom is 0.0998 e. The number of fused-ring (bicyclic) bond motifs is 1. The molecule has 0 saturated carbocycles. The van der Waals surface area contributed by atoms with E-state index in [1.807, 2.05) is 12.1 Å². The lowest BCUT2D eigenvalue weighted by atomic mass is 10.1. The summed E-state index contributed by atoms with van der Waals surface area (Å²) in [5, 5.41) is 10.0. The second-order valence-electron chi connectivity index (χ2n) is 3.38. The van der Waals surface area contributed by atoms with Crippen LogP contribution >= 0.6 is 0 Å². The fraction of sp³-hybridized carbons (Fsp3) is 0.250. The van der Waals surface area contributed by atoms with Crippen LogP contribution in [-0.4, -0.2) is 4.57 Å². The Bertz CT molecular complexity index is 515. The predicted molar refractivity (Wildman–Crippen MR) is 57.1 cm³/mol. The Morgan fingerprint density at radius 3 is 2.86 bits per heavy atom. The average Bonchev–Trinajstić information content (AvgIpc) is 2.52. The smallest absolute Gasteiger partial charge is 0.0998 e. The molecule has 0 spiro atoms. The van der Waals surface area contributed by atoms with Crippen molar-refractivity contribution < 1.29 is 0 Å². The van der Waals surface area contributed by atoms with Crippen molar-refractivity contribution >= 4 is 10.9 Å². The first kappa shape index (κ1) is 8.83. The molecular weight excluding hydrogens is 172 g/mol. The summed E-state index contributed by atoms with van der Waals surface area (Å²) < 4.78 is 2.22. The molecule has 2 heteroatoms. The zero-order valence-electron chi connectivity index (χ0n) is 8.41. The summed E-state index contributed by atoms with van der Waals surface area (Å²) in [6, 6.07) is 10.2. The molecule has 0 atom stereocenters. The van der Waals surface area contributed by atoms with Crippen LogP contribution in [0, 0.1) is 18.3 Å². The van der Waals surface area contributed by atoms with E-state index in [0.717, 1.165) is 23.0 Å². The molecule has 0 unspecified atom stereocenters.